The maximum atomic E-state index is 12.8. The second kappa shape index (κ2) is 7.63. The number of pyridine rings is 1. The number of nitrogens with zero attached hydrogens (tertiary/aromatic N) is 2. The zero-order chi connectivity index (χ0) is 21.4. The van der Waals surface area contributed by atoms with Crippen LogP contribution in [-0.4, -0.2) is 27.5 Å². The molecular weight excluding hydrogens is 380 g/mol. The van der Waals surface area contributed by atoms with Gasteiger partial charge in [0.05, 0.1) is 11.0 Å². The van der Waals surface area contributed by atoms with E-state index in [1.807, 2.05) is 37.6 Å². The zero-order valence-corrected chi connectivity index (χ0v) is 17.1. The van der Waals surface area contributed by atoms with Crippen LogP contribution in [0.25, 0.3) is 21.8 Å². The minimum atomic E-state index is -0.535. The second-order valence-corrected chi connectivity index (χ2v) is 7.38. The number of benzene rings is 2. The lowest BCUT2D eigenvalue weighted by atomic mass is 10.1. The Balaban J connectivity index is 1.61. The predicted octanol–water partition coefficient (Wildman–Crippen LogP) is 3.54. The van der Waals surface area contributed by atoms with Crippen molar-refractivity contribution in [1.82, 2.24) is 9.13 Å². The molecular formula is C24H22N2O4. The smallest absolute Gasteiger partial charge is 0.326 e. The summed E-state index contributed by atoms with van der Waals surface area (Å²) in [5.74, 6) is -0.771. The third-order valence-corrected chi connectivity index (χ3v) is 5.61. The molecule has 2 aromatic heterocycles. The van der Waals surface area contributed by atoms with Crippen LogP contribution >= 0.6 is 0 Å². The summed E-state index contributed by atoms with van der Waals surface area (Å²) in [6.45, 7) is 3.36. The first kappa shape index (κ1) is 19.6. The fourth-order valence-corrected chi connectivity index (χ4v) is 3.78. The first-order valence-electron chi connectivity index (χ1n) is 9.70. The second-order valence-electron chi connectivity index (χ2n) is 7.38. The van der Waals surface area contributed by atoms with Crippen LogP contribution in [0.4, 0.5) is 0 Å². The molecule has 0 atom stereocenters. The van der Waals surface area contributed by atoms with Gasteiger partial charge in [-0.15, -0.1) is 0 Å². The number of ketones is 1. The molecule has 2 aromatic carbocycles. The standard InChI is InChI=1S/C24H22N2O4/c1-15-12-19(16(2)25(15)3)22(27)14-30-23(28)13-26-20-10-6-4-8-17(20)24(29)18-9-5-7-11-21(18)26/h4-12H,13-14H2,1-3H3. The Bertz CT molecular complexity index is 1300. The van der Waals surface area contributed by atoms with E-state index in [0.29, 0.717) is 27.4 Å². The van der Waals surface area contributed by atoms with Crippen molar-refractivity contribution in [3.63, 3.8) is 0 Å². The summed E-state index contributed by atoms with van der Waals surface area (Å²) >= 11 is 0. The fraction of sp³-hybridized carbons (Fsp3) is 0.208. The number of esters is 1. The van der Waals surface area contributed by atoms with Crippen molar-refractivity contribution in [1.29, 1.82) is 0 Å². The minimum absolute atomic E-state index is 0.0732. The number of hydrogen-bond donors (Lipinski definition) is 0. The minimum Gasteiger partial charge on any atom is -0.456 e. The molecule has 0 spiro atoms. The maximum Gasteiger partial charge on any atom is 0.326 e. The molecule has 0 aliphatic heterocycles. The van der Waals surface area contributed by atoms with Crippen LogP contribution in [0.1, 0.15) is 21.7 Å². The number of carbonyl (C=O) groups excluding carboxylic acids is 2. The maximum absolute atomic E-state index is 12.8. The van der Waals surface area contributed by atoms with Crippen molar-refractivity contribution < 1.29 is 14.3 Å². The Morgan fingerprint density at radius 2 is 1.50 bits per heavy atom. The van der Waals surface area contributed by atoms with Gasteiger partial charge in [0.1, 0.15) is 6.54 Å². The van der Waals surface area contributed by atoms with Gasteiger partial charge in [-0.1, -0.05) is 24.3 Å². The first-order valence-corrected chi connectivity index (χ1v) is 9.70. The molecule has 0 bridgehead atoms. The Labute approximate surface area is 173 Å². The van der Waals surface area contributed by atoms with Crippen LogP contribution in [0.2, 0.25) is 0 Å². The normalized spacial score (nSPS) is 11.2. The van der Waals surface area contributed by atoms with Crippen molar-refractivity contribution in [2.45, 2.75) is 20.4 Å². The van der Waals surface area contributed by atoms with Crippen molar-refractivity contribution >= 4 is 33.6 Å². The molecule has 152 valence electrons. The van der Waals surface area contributed by atoms with Gasteiger partial charge in [0.25, 0.3) is 0 Å². The molecule has 30 heavy (non-hydrogen) atoms. The van der Waals surface area contributed by atoms with E-state index in [9.17, 15) is 14.4 Å². The van der Waals surface area contributed by atoms with E-state index >= 15 is 0 Å². The Morgan fingerprint density at radius 1 is 0.933 bits per heavy atom. The van der Waals surface area contributed by atoms with Crippen LogP contribution < -0.4 is 5.43 Å². The molecule has 0 saturated carbocycles. The lowest BCUT2D eigenvalue weighted by Gasteiger charge is -2.14. The molecule has 6 nitrogen and oxygen atoms in total. The largest absolute Gasteiger partial charge is 0.456 e. The number of carbonyl (C=O) groups is 2. The van der Waals surface area contributed by atoms with Crippen molar-refractivity contribution in [2.75, 3.05) is 6.61 Å². The van der Waals surface area contributed by atoms with Gasteiger partial charge in [0.2, 0.25) is 5.78 Å². The van der Waals surface area contributed by atoms with Crippen molar-refractivity contribution in [2.24, 2.45) is 7.05 Å². The molecule has 6 heteroatoms. The molecule has 2 heterocycles. The highest BCUT2D eigenvalue weighted by atomic mass is 16.5. The van der Waals surface area contributed by atoms with Crippen LogP contribution in [0.15, 0.2) is 59.4 Å². The molecule has 4 rings (SSSR count). The molecule has 0 unspecified atom stereocenters. The SMILES string of the molecule is Cc1cc(C(=O)COC(=O)Cn2c3ccccc3c(=O)c3ccccc32)c(C)n1C. The Kier molecular flexibility index (Phi) is 4.99. The Morgan fingerprint density at radius 3 is 2.03 bits per heavy atom. The van der Waals surface area contributed by atoms with Crippen LogP contribution in [0, 0.1) is 13.8 Å². The summed E-state index contributed by atoms with van der Waals surface area (Å²) in [5, 5.41) is 1.07. The summed E-state index contributed by atoms with van der Waals surface area (Å²) in [4.78, 5) is 37.9. The molecule has 0 aliphatic carbocycles. The predicted molar refractivity (Wildman–Crippen MR) is 116 cm³/mol. The molecule has 0 saturated heterocycles. The van der Waals surface area contributed by atoms with E-state index in [4.69, 9.17) is 4.74 Å². The van der Waals surface area contributed by atoms with Gasteiger partial charge < -0.3 is 13.9 Å². The lowest BCUT2D eigenvalue weighted by Crippen LogP contribution is -2.21. The van der Waals surface area contributed by atoms with Gasteiger partial charge in [0, 0.05) is 34.8 Å². The average molecular weight is 402 g/mol. The van der Waals surface area contributed by atoms with Gasteiger partial charge in [-0.25, -0.2) is 0 Å². The van der Waals surface area contributed by atoms with E-state index in [-0.39, 0.29) is 24.4 Å². The molecule has 0 aliphatic rings. The van der Waals surface area contributed by atoms with Crippen molar-refractivity contribution in [3.05, 3.63) is 81.8 Å². The van der Waals surface area contributed by atoms with Gasteiger partial charge in [0.15, 0.2) is 12.0 Å². The molecule has 0 fully saturated rings. The summed E-state index contributed by atoms with van der Waals surface area (Å²) < 4.78 is 8.98. The number of rotatable bonds is 5. The molecule has 0 amide bonds. The van der Waals surface area contributed by atoms with E-state index in [1.165, 1.54) is 0 Å². The molecule has 0 radical (unpaired) electrons. The van der Waals surface area contributed by atoms with Gasteiger partial charge in [-0.05, 0) is 44.2 Å². The average Bonchev–Trinajstić information content (AvgIpc) is 3.02. The van der Waals surface area contributed by atoms with E-state index in [0.717, 1.165) is 11.4 Å². The van der Waals surface area contributed by atoms with Gasteiger partial charge >= 0.3 is 5.97 Å². The third kappa shape index (κ3) is 3.30. The van der Waals surface area contributed by atoms with Crippen LogP contribution in [-0.2, 0) is 23.1 Å². The number of aryl methyl sites for hydroxylation is 1. The fourth-order valence-electron chi connectivity index (χ4n) is 3.78. The zero-order valence-electron chi connectivity index (χ0n) is 17.1. The summed E-state index contributed by atoms with van der Waals surface area (Å²) in [5.41, 5.74) is 3.59. The van der Waals surface area contributed by atoms with Crippen molar-refractivity contribution in [3.8, 4) is 0 Å². The lowest BCUT2D eigenvalue weighted by molar-refractivity contribution is -0.143. The Hall–Kier alpha value is -3.67. The highest BCUT2D eigenvalue weighted by molar-refractivity contribution is 5.99. The topological polar surface area (TPSA) is 70.3 Å². The highest BCUT2D eigenvalue weighted by Gasteiger charge is 2.17. The highest BCUT2D eigenvalue weighted by Crippen LogP contribution is 2.19. The first-order chi connectivity index (χ1) is 14.4. The summed E-state index contributed by atoms with van der Waals surface area (Å²) in [6.07, 6.45) is 0. The van der Waals surface area contributed by atoms with Gasteiger partial charge in [-0.2, -0.15) is 0 Å². The van der Waals surface area contributed by atoms with E-state index in [1.54, 1.807) is 47.0 Å². The van der Waals surface area contributed by atoms with E-state index in [2.05, 4.69) is 0 Å². The third-order valence-electron chi connectivity index (χ3n) is 5.61. The number of Topliss-reactive ketones (excluding diaryl/α,β-unsaturated/α-hetero) is 1. The van der Waals surface area contributed by atoms with Crippen LogP contribution in [0.5, 0.6) is 0 Å². The van der Waals surface area contributed by atoms with Gasteiger partial charge in [-0.3, -0.25) is 14.4 Å². The molecule has 4 aromatic rings. The molecule has 0 N–H and O–H groups in total. The number of hydrogen-bond acceptors (Lipinski definition) is 4. The number of para-hydroxylation sites is 2. The number of aromatic nitrogens is 2. The summed E-state index contributed by atoms with van der Waals surface area (Å²) in [7, 11) is 1.89. The van der Waals surface area contributed by atoms with E-state index < -0.39 is 5.97 Å². The van der Waals surface area contributed by atoms with Crippen LogP contribution in [0.3, 0.4) is 0 Å². The number of ether oxygens (including phenoxy) is 1. The summed E-state index contributed by atoms with van der Waals surface area (Å²) in [6, 6.07) is 16.1. The monoisotopic (exact) mass is 402 g/mol. The number of fused-ring (bicyclic) bond motifs is 2. The quantitative estimate of drug-likeness (QED) is 0.291.